The highest BCUT2D eigenvalue weighted by atomic mass is 79.9. The van der Waals surface area contributed by atoms with Crippen molar-refractivity contribution in [1.82, 2.24) is 4.98 Å². The van der Waals surface area contributed by atoms with Crippen LogP contribution in [0.4, 0.5) is 4.79 Å². The number of carbonyl (C=O) groups excluding carboxylic acids is 1. The van der Waals surface area contributed by atoms with Crippen molar-refractivity contribution < 1.29 is 4.79 Å². The lowest BCUT2D eigenvalue weighted by molar-refractivity contribution is 0.256. The van der Waals surface area contributed by atoms with E-state index < -0.39 is 6.03 Å². The maximum atomic E-state index is 10.8. The van der Waals surface area contributed by atoms with Crippen LogP contribution in [0, 0.1) is 0 Å². The number of hydrogen-bond acceptors (Lipinski definition) is 2. The van der Waals surface area contributed by atoms with E-state index in [1.165, 1.54) is 0 Å². The van der Waals surface area contributed by atoms with E-state index in [1.807, 2.05) is 0 Å². The monoisotopic (exact) mass is 279 g/mol. The molecule has 4 nitrogen and oxygen atoms in total. The van der Waals surface area contributed by atoms with Gasteiger partial charge < -0.3 is 0 Å². The van der Waals surface area contributed by atoms with Gasteiger partial charge in [0.05, 0.1) is 9.50 Å². The van der Waals surface area contributed by atoms with Gasteiger partial charge in [-0.3, -0.25) is 0 Å². The van der Waals surface area contributed by atoms with Crippen molar-refractivity contribution in [3.05, 3.63) is 25.5 Å². The normalized spacial score (nSPS) is 13.6. The van der Waals surface area contributed by atoms with Crippen molar-refractivity contribution in [2.75, 3.05) is 0 Å². The molecule has 0 aromatic carbocycles. The standard InChI is InChI=1S/C6BrCl2N3O/c7-1-2(8)4(9)11-5-3(1)10-6(13)12-5. The van der Waals surface area contributed by atoms with Crippen molar-refractivity contribution in [1.29, 1.82) is 0 Å². The number of halogens is 3. The zero-order chi connectivity index (χ0) is 9.59. The van der Waals surface area contributed by atoms with Crippen LogP contribution in [-0.2, 0) is 0 Å². The van der Waals surface area contributed by atoms with Gasteiger partial charge in [0.1, 0.15) is 5.36 Å². The number of rotatable bonds is 0. The minimum Gasteiger partial charge on any atom is -0.244 e. The van der Waals surface area contributed by atoms with E-state index in [4.69, 9.17) is 23.2 Å². The van der Waals surface area contributed by atoms with E-state index in [2.05, 4.69) is 30.9 Å². The molecule has 2 amide bonds. The van der Waals surface area contributed by atoms with Crippen molar-refractivity contribution in [2.24, 2.45) is 9.98 Å². The van der Waals surface area contributed by atoms with Crippen LogP contribution >= 0.6 is 39.1 Å². The van der Waals surface area contributed by atoms with E-state index in [9.17, 15) is 4.79 Å². The van der Waals surface area contributed by atoms with Gasteiger partial charge >= 0.3 is 6.03 Å². The van der Waals surface area contributed by atoms with Crippen LogP contribution in [-0.4, -0.2) is 11.0 Å². The van der Waals surface area contributed by atoms with E-state index in [0.29, 0.717) is 9.83 Å². The first-order chi connectivity index (χ1) is 6.09. The molecule has 0 radical (unpaired) electrons. The summed E-state index contributed by atoms with van der Waals surface area (Å²) >= 11 is 14.6. The lowest BCUT2D eigenvalue weighted by Gasteiger charge is -1.94. The quantitative estimate of drug-likeness (QED) is 0.677. The fraction of sp³-hybridized carbons (Fsp3) is 0. The summed E-state index contributed by atoms with van der Waals surface area (Å²) in [6, 6.07) is -0.596. The van der Waals surface area contributed by atoms with Gasteiger partial charge in [-0.2, -0.15) is 9.98 Å². The third-order valence-electron chi connectivity index (χ3n) is 1.41. The minimum absolute atomic E-state index is 0.0981. The Morgan fingerprint density at radius 1 is 1.23 bits per heavy atom. The average Bonchev–Trinajstić information content (AvgIpc) is 2.42. The fourth-order valence-corrected chi connectivity index (χ4v) is 1.75. The molecular weight excluding hydrogens is 281 g/mol. The van der Waals surface area contributed by atoms with E-state index in [1.54, 1.807) is 0 Å². The number of hydrogen-bond donors (Lipinski definition) is 0. The van der Waals surface area contributed by atoms with Crippen LogP contribution in [0.25, 0.3) is 0 Å². The highest BCUT2D eigenvalue weighted by molar-refractivity contribution is 9.10. The minimum atomic E-state index is -0.596. The first-order valence-electron chi connectivity index (χ1n) is 3.11. The molecule has 0 unspecified atom stereocenters. The molecule has 1 aromatic rings. The van der Waals surface area contributed by atoms with Gasteiger partial charge in [0.2, 0.25) is 0 Å². The van der Waals surface area contributed by atoms with Crippen LogP contribution in [0.1, 0.15) is 0 Å². The summed E-state index contributed by atoms with van der Waals surface area (Å²) in [6.07, 6.45) is 0. The average molecular weight is 281 g/mol. The summed E-state index contributed by atoms with van der Waals surface area (Å²) in [5, 5.41) is 0.661. The molecule has 0 fully saturated rings. The molecule has 0 spiro atoms. The molecule has 0 aliphatic carbocycles. The second kappa shape index (κ2) is 3.01. The van der Waals surface area contributed by atoms with Crippen molar-refractivity contribution >= 4 is 45.2 Å². The van der Waals surface area contributed by atoms with Crippen LogP contribution in [0.2, 0.25) is 10.2 Å². The van der Waals surface area contributed by atoms with Crippen molar-refractivity contribution in [3.8, 4) is 0 Å². The summed E-state index contributed by atoms with van der Waals surface area (Å²) in [6.45, 7) is 0. The summed E-state index contributed by atoms with van der Waals surface area (Å²) in [5.74, 6) is 0. The molecular formula is C6BrCl2N3O. The van der Waals surface area contributed by atoms with E-state index in [0.717, 1.165) is 0 Å². The Balaban J connectivity index is 2.98. The number of nitrogens with zero attached hydrogens (tertiary/aromatic N) is 3. The number of fused-ring (bicyclic) bond motifs is 1. The highest BCUT2D eigenvalue weighted by Gasteiger charge is 2.14. The molecule has 0 saturated carbocycles. The maximum Gasteiger partial charge on any atom is 0.369 e. The van der Waals surface area contributed by atoms with Crippen LogP contribution in [0.5, 0.6) is 0 Å². The molecule has 66 valence electrons. The highest BCUT2D eigenvalue weighted by Crippen LogP contribution is 2.23. The number of urea groups is 1. The van der Waals surface area contributed by atoms with Gasteiger partial charge in [-0.1, -0.05) is 23.2 Å². The number of carbonyl (C=O) groups is 1. The molecule has 0 atom stereocenters. The summed E-state index contributed by atoms with van der Waals surface area (Å²) in [4.78, 5) is 21.7. The number of pyridine rings is 1. The molecule has 2 rings (SSSR count). The molecule has 2 heterocycles. The number of aromatic nitrogens is 1. The lowest BCUT2D eigenvalue weighted by Crippen LogP contribution is -2.27. The Labute approximate surface area is 90.4 Å². The van der Waals surface area contributed by atoms with Gasteiger partial charge in [0, 0.05) is 0 Å². The van der Waals surface area contributed by atoms with Crippen molar-refractivity contribution in [3.63, 3.8) is 0 Å². The molecule has 7 heteroatoms. The Kier molecular flexibility index (Phi) is 2.09. The molecule has 1 aliphatic rings. The zero-order valence-electron chi connectivity index (χ0n) is 5.88. The van der Waals surface area contributed by atoms with Gasteiger partial charge in [0.25, 0.3) is 0 Å². The SMILES string of the molecule is O=C1N=c2nc(Cl)c(Cl)c(Br)c2=N1. The zero-order valence-corrected chi connectivity index (χ0v) is 8.98. The van der Waals surface area contributed by atoms with Gasteiger partial charge in [-0.25, -0.2) is 9.78 Å². The molecule has 0 bridgehead atoms. The van der Waals surface area contributed by atoms with Gasteiger partial charge in [-0.05, 0) is 15.9 Å². The predicted molar refractivity (Wildman–Crippen MR) is 49.7 cm³/mol. The Morgan fingerprint density at radius 3 is 2.62 bits per heavy atom. The maximum absolute atomic E-state index is 10.8. The summed E-state index contributed by atoms with van der Waals surface area (Å²) in [5.41, 5.74) is 0.200. The van der Waals surface area contributed by atoms with Crippen molar-refractivity contribution in [2.45, 2.75) is 0 Å². The Morgan fingerprint density at radius 2 is 1.92 bits per heavy atom. The Bertz CT molecular complexity index is 528. The largest absolute Gasteiger partial charge is 0.369 e. The number of amides is 2. The second-order valence-electron chi connectivity index (χ2n) is 2.21. The third-order valence-corrected chi connectivity index (χ3v) is 3.15. The second-order valence-corrected chi connectivity index (χ2v) is 3.74. The Hall–Kier alpha value is -0.520. The van der Waals surface area contributed by atoms with Crippen LogP contribution < -0.4 is 10.8 Å². The summed E-state index contributed by atoms with van der Waals surface area (Å²) < 4.78 is 0.443. The lowest BCUT2D eigenvalue weighted by atomic mass is 10.4. The first kappa shape index (κ1) is 9.05. The topological polar surface area (TPSA) is 54.7 Å². The molecule has 1 aromatic heterocycles. The van der Waals surface area contributed by atoms with E-state index in [-0.39, 0.29) is 15.7 Å². The van der Waals surface area contributed by atoms with E-state index >= 15 is 0 Å². The molecule has 0 N–H and O–H groups in total. The van der Waals surface area contributed by atoms with Gasteiger partial charge in [-0.15, -0.1) is 0 Å². The third kappa shape index (κ3) is 1.37. The van der Waals surface area contributed by atoms with Gasteiger partial charge in [0.15, 0.2) is 10.6 Å². The molecule has 0 saturated heterocycles. The smallest absolute Gasteiger partial charge is 0.244 e. The summed E-state index contributed by atoms with van der Waals surface area (Å²) in [7, 11) is 0. The molecule has 13 heavy (non-hydrogen) atoms. The van der Waals surface area contributed by atoms with Crippen LogP contribution in [0.3, 0.4) is 0 Å². The fourth-order valence-electron chi connectivity index (χ4n) is 0.876. The first-order valence-corrected chi connectivity index (χ1v) is 4.66. The van der Waals surface area contributed by atoms with Crippen LogP contribution in [0.15, 0.2) is 14.5 Å². The molecule has 1 aliphatic heterocycles. The predicted octanol–water partition coefficient (Wildman–Crippen LogP) is 1.52.